The van der Waals surface area contributed by atoms with Gasteiger partial charge in [-0.2, -0.15) is 0 Å². The van der Waals surface area contributed by atoms with E-state index in [0.717, 1.165) is 0 Å². The van der Waals surface area contributed by atoms with Gasteiger partial charge in [-0.05, 0) is 38.8 Å². The van der Waals surface area contributed by atoms with Gasteiger partial charge in [-0.25, -0.2) is 4.79 Å². The smallest absolute Gasteiger partial charge is 0.410 e. The molecule has 1 fully saturated rings. The molecule has 2 aliphatic heterocycles. The number of hydrogen-bond acceptors (Lipinski definition) is 3. The van der Waals surface area contributed by atoms with Crippen molar-refractivity contribution in [3.8, 4) is 0 Å². The number of nitrogens with zero attached hydrogens (tertiary/aromatic N) is 1. The normalized spacial score (nSPS) is 26.1. The Morgan fingerprint density at radius 3 is 2.60 bits per heavy atom. The number of benzene rings is 1. The van der Waals surface area contributed by atoms with Gasteiger partial charge in [0.2, 0.25) is 0 Å². The maximum Gasteiger partial charge on any atom is 0.410 e. The zero-order valence-electron chi connectivity index (χ0n) is 15.5. The van der Waals surface area contributed by atoms with E-state index in [2.05, 4.69) is 41.7 Å². The van der Waals surface area contributed by atoms with Crippen molar-refractivity contribution in [2.75, 3.05) is 13.1 Å². The maximum atomic E-state index is 12.5. The zero-order chi connectivity index (χ0) is 18.0. The summed E-state index contributed by atoms with van der Waals surface area (Å²) in [6.07, 6.45) is 8.11. The van der Waals surface area contributed by atoms with Crippen molar-refractivity contribution in [1.29, 1.82) is 0 Å². The summed E-state index contributed by atoms with van der Waals surface area (Å²) in [5.74, 6) is 0.315. The molecule has 1 aromatic carbocycles. The molecule has 3 unspecified atom stereocenters. The van der Waals surface area contributed by atoms with Gasteiger partial charge in [0.1, 0.15) is 5.60 Å². The second-order valence-corrected chi connectivity index (χ2v) is 7.78. The SMILES string of the molecule is CC=CC=CC1NC2CN(C(=O)OC(C)(C)C)CC2c2ccccc21. The lowest BCUT2D eigenvalue weighted by Crippen LogP contribution is -2.42. The first kappa shape index (κ1) is 17.7. The third kappa shape index (κ3) is 3.96. The Hall–Kier alpha value is -2.07. The van der Waals surface area contributed by atoms with Gasteiger partial charge in [-0.15, -0.1) is 0 Å². The Morgan fingerprint density at radius 1 is 1.20 bits per heavy atom. The fourth-order valence-electron chi connectivity index (χ4n) is 3.66. The Bertz CT molecular complexity index is 687. The van der Waals surface area contributed by atoms with Crippen LogP contribution in [-0.4, -0.2) is 35.7 Å². The minimum atomic E-state index is -0.464. The first-order valence-corrected chi connectivity index (χ1v) is 9.01. The number of hydrogen-bond donors (Lipinski definition) is 1. The number of amides is 1. The molecule has 0 spiro atoms. The van der Waals surface area contributed by atoms with E-state index in [9.17, 15) is 4.79 Å². The number of ether oxygens (including phenoxy) is 1. The average molecular weight is 340 g/mol. The van der Waals surface area contributed by atoms with Gasteiger partial charge >= 0.3 is 6.09 Å². The highest BCUT2D eigenvalue weighted by atomic mass is 16.6. The summed E-state index contributed by atoms with van der Waals surface area (Å²) in [7, 11) is 0. The molecule has 1 amide bonds. The lowest BCUT2D eigenvalue weighted by atomic mass is 9.83. The second-order valence-electron chi connectivity index (χ2n) is 7.78. The van der Waals surface area contributed by atoms with E-state index in [4.69, 9.17) is 4.74 Å². The predicted octanol–water partition coefficient (Wildman–Crippen LogP) is 4.17. The van der Waals surface area contributed by atoms with Crippen molar-refractivity contribution >= 4 is 6.09 Å². The van der Waals surface area contributed by atoms with Crippen LogP contribution in [0.1, 0.15) is 50.8 Å². The van der Waals surface area contributed by atoms with Gasteiger partial charge in [0, 0.05) is 25.0 Å². The number of fused-ring (bicyclic) bond motifs is 3. The predicted molar refractivity (Wildman–Crippen MR) is 101 cm³/mol. The van der Waals surface area contributed by atoms with Crippen LogP contribution in [-0.2, 0) is 4.74 Å². The van der Waals surface area contributed by atoms with Crippen LogP contribution in [0.25, 0.3) is 0 Å². The van der Waals surface area contributed by atoms with Crippen LogP contribution in [0.5, 0.6) is 0 Å². The highest BCUT2D eigenvalue weighted by Gasteiger charge is 2.42. The van der Waals surface area contributed by atoms with Gasteiger partial charge in [0.15, 0.2) is 0 Å². The fraction of sp³-hybridized carbons (Fsp3) is 0.476. The van der Waals surface area contributed by atoms with Crippen molar-refractivity contribution < 1.29 is 9.53 Å². The summed E-state index contributed by atoms with van der Waals surface area (Å²) in [5.41, 5.74) is 2.18. The molecule has 3 rings (SSSR count). The lowest BCUT2D eigenvalue weighted by molar-refractivity contribution is 0.0289. The summed E-state index contributed by atoms with van der Waals surface area (Å²) in [6, 6.07) is 8.97. The minimum Gasteiger partial charge on any atom is -0.444 e. The summed E-state index contributed by atoms with van der Waals surface area (Å²) < 4.78 is 5.56. The summed E-state index contributed by atoms with van der Waals surface area (Å²) >= 11 is 0. The number of nitrogens with one attached hydrogen (secondary N) is 1. The number of allylic oxidation sites excluding steroid dienone is 3. The lowest BCUT2D eigenvalue weighted by Gasteiger charge is -2.33. The first-order chi connectivity index (χ1) is 11.9. The highest BCUT2D eigenvalue weighted by Crippen LogP contribution is 2.38. The number of carbonyl (C=O) groups excluding carboxylic acids is 1. The average Bonchev–Trinajstić information content (AvgIpc) is 2.98. The molecule has 3 atom stereocenters. The van der Waals surface area contributed by atoms with Crippen LogP contribution in [0.2, 0.25) is 0 Å². The van der Waals surface area contributed by atoms with E-state index in [0.29, 0.717) is 19.0 Å². The third-order valence-electron chi connectivity index (χ3n) is 4.70. The summed E-state index contributed by atoms with van der Waals surface area (Å²) in [5, 5.41) is 3.71. The van der Waals surface area contributed by atoms with E-state index in [1.807, 2.05) is 44.7 Å². The molecule has 0 aromatic heterocycles. The standard InChI is InChI=1S/C21H28N2O2/c1-5-6-7-12-18-16-11-9-8-10-15(16)17-13-23(14-19(17)22-18)20(24)25-21(2,3)4/h5-12,17-19,22H,13-14H2,1-4H3. The van der Waals surface area contributed by atoms with Gasteiger partial charge < -0.3 is 15.0 Å². The van der Waals surface area contributed by atoms with Crippen molar-refractivity contribution in [3.63, 3.8) is 0 Å². The third-order valence-corrected chi connectivity index (χ3v) is 4.70. The first-order valence-electron chi connectivity index (χ1n) is 9.01. The molecule has 2 heterocycles. The molecule has 0 bridgehead atoms. The number of likely N-dealkylation sites (tertiary alicyclic amines) is 1. The molecule has 1 N–H and O–H groups in total. The van der Waals surface area contributed by atoms with Crippen LogP contribution in [0, 0.1) is 0 Å². The quantitative estimate of drug-likeness (QED) is 0.822. The van der Waals surface area contributed by atoms with Crippen LogP contribution in [0.15, 0.2) is 48.6 Å². The Labute approximate surface area is 150 Å². The molecule has 0 saturated carbocycles. The van der Waals surface area contributed by atoms with Crippen molar-refractivity contribution in [2.45, 2.75) is 51.3 Å². The van der Waals surface area contributed by atoms with E-state index in [1.165, 1.54) is 11.1 Å². The second kappa shape index (κ2) is 7.04. The van der Waals surface area contributed by atoms with E-state index < -0.39 is 5.60 Å². The fourth-order valence-corrected chi connectivity index (χ4v) is 3.66. The molecule has 0 aliphatic carbocycles. The molecular formula is C21H28N2O2. The molecule has 1 aromatic rings. The molecule has 4 heteroatoms. The molecular weight excluding hydrogens is 312 g/mol. The van der Waals surface area contributed by atoms with Crippen molar-refractivity contribution in [2.24, 2.45) is 0 Å². The van der Waals surface area contributed by atoms with Crippen LogP contribution in [0.4, 0.5) is 4.79 Å². The Balaban J connectivity index is 1.82. The molecule has 4 nitrogen and oxygen atoms in total. The minimum absolute atomic E-state index is 0.173. The number of rotatable bonds is 2. The van der Waals surface area contributed by atoms with Gasteiger partial charge in [0.05, 0.1) is 6.04 Å². The highest BCUT2D eigenvalue weighted by molar-refractivity contribution is 5.69. The molecule has 134 valence electrons. The van der Waals surface area contributed by atoms with Gasteiger partial charge in [-0.1, -0.05) is 48.6 Å². The topological polar surface area (TPSA) is 41.6 Å². The van der Waals surface area contributed by atoms with Crippen LogP contribution >= 0.6 is 0 Å². The largest absolute Gasteiger partial charge is 0.444 e. The number of carbonyl (C=O) groups is 1. The van der Waals surface area contributed by atoms with E-state index >= 15 is 0 Å². The molecule has 25 heavy (non-hydrogen) atoms. The van der Waals surface area contributed by atoms with Crippen molar-refractivity contribution in [1.82, 2.24) is 10.2 Å². The van der Waals surface area contributed by atoms with Crippen molar-refractivity contribution in [3.05, 3.63) is 59.7 Å². The maximum absolute atomic E-state index is 12.5. The summed E-state index contributed by atoms with van der Waals surface area (Å²) in [6.45, 7) is 9.12. The Morgan fingerprint density at radius 2 is 1.92 bits per heavy atom. The van der Waals surface area contributed by atoms with E-state index in [1.54, 1.807) is 0 Å². The van der Waals surface area contributed by atoms with E-state index in [-0.39, 0.29) is 18.2 Å². The molecule has 2 aliphatic rings. The monoisotopic (exact) mass is 340 g/mol. The van der Waals surface area contributed by atoms with Crippen LogP contribution < -0.4 is 5.32 Å². The molecule has 1 saturated heterocycles. The van der Waals surface area contributed by atoms with Gasteiger partial charge in [-0.3, -0.25) is 0 Å². The molecule has 0 radical (unpaired) electrons. The Kier molecular flexibility index (Phi) is 5.00. The summed E-state index contributed by atoms with van der Waals surface area (Å²) in [4.78, 5) is 14.3. The van der Waals surface area contributed by atoms with Gasteiger partial charge in [0.25, 0.3) is 0 Å². The van der Waals surface area contributed by atoms with Crippen LogP contribution in [0.3, 0.4) is 0 Å². The zero-order valence-corrected chi connectivity index (χ0v) is 15.5.